The van der Waals surface area contributed by atoms with Crippen LogP contribution in [0.5, 0.6) is 0 Å². The Labute approximate surface area is 170 Å². The fourth-order valence-corrected chi connectivity index (χ4v) is 3.17. The van der Waals surface area contributed by atoms with Gasteiger partial charge in [0.05, 0.1) is 24.5 Å². The van der Waals surface area contributed by atoms with Gasteiger partial charge in [-0.2, -0.15) is 0 Å². The van der Waals surface area contributed by atoms with Crippen LogP contribution in [0, 0.1) is 5.92 Å². The smallest absolute Gasteiger partial charge is 0.311 e. The Morgan fingerprint density at radius 1 is 1.21 bits per heavy atom. The van der Waals surface area contributed by atoms with E-state index in [-0.39, 0.29) is 35.9 Å². The number of thioether (sulfide) groups is 1. The van der Waals surface area contributed by atoms with Crippen molar-refractivity contribution in [3.8, 4) is 0 Å². The molecule has 0 aliphatic rings. The molecule has 0 radical (unpaired) electrons. The summed E-state index contributed by atoms with van der Waals surface area (Å²) in [6, 6.07) is 3.32. The maximum atomic E-state index is 12.0. The molecule has 28 heavy (non-hydrogen) atoms. The van der Waals surface area contributed by atoms with E-state index in [1.165, 1.54) is 23.1 Å². The molecule has 2 rings (SSSR count). The first-order valence-electron chi connectivity index (χ1n) is 8.54. The van der Waals surface area contributed by atoms with Crippen molar-refractivity contribution < 1.29 is 19.1 Å². The van der Waals surface area contributed by atoms with E-state index in [4.69, 9.17) is 4.74 Å². The Bertz CT molecular complexity index is 823. The number of nitrogens with zero attached hydrogens (tertiary/aromatic N) is 3. The van der Waals surface area contributed by atoms with Crippen molar-refractivity contribution in [1.82, 2.24) is 15.2 Å². The van der Waals surface area contributed by atoms with Gasteiger partial charge < -0.3 is 15.4 Å². The number of carbonyl (C=O) groups is 3. The van der Waals surface area contributed by atoms with Crippen molar-refractivity contribution in [2.45, 2.75) is 32.2 Å². The zero-order valence-electron chi connectivity index (χ0n) is 15.7. The van der Waals surface area contributed by atoms with Gasteiger partial charge in [-0.3, -0.25) is 14.4 Å². The molecule has 0 aromatic carbocycles. The lowest BCUT2D eigenvalue weighted by atomic mass is 10.2. The zero-order valence-corrected chi connectivity index (χ0v) is 17.4. The van der Waals surface area contributed by atoms with Crippen LogP contribution in [0.15, 0.2) is 22.5 Å². The lowest BCUT2D eigenvalue weighted by molar-refractivity contribution is -0.142. The number of anilines is 2. The third-order valence-corrected chi connectivity index (χ3v) is 4.92. The van der Waals surface area contributed by atoms with Gasteiger partial charge in [0.15, 0.2) is 10.9 Å². The number of hydrogen-bond acceptors (Lipinski definition) is 9. The first-order valence-corrected chi connectivity index (χ1v) is 10.4. The van der Waals surface area contributed by atoms with Crippen molar-refractivity contribution in [3.63, 3.8) is 0 Å². The Hall–Kier alpha value is -2.53. The second-order valence-corrected chi connectivity index (χ2v) is 7.72. The minimum Gasteiger partial charge on any atom is -0.466 e. The highest BCUT2D eigenvalue weighted by Crippen LogP contribution is 2.19. The highest BCUT2D eigenvalue weighted by atomic mass is 32.2. The fourth-order valence-electron chi connectivity index (χ4n) is 1.83. The number of amides is 2. The minimum absolute atomic E-state index is 0.0737. The quantitative estimate of drug-likeness (QED) is 0.465. The van der Waals surface area contributed by atoms with E-state index in [2.05, 4.69) is 25.8 Å². The summed E-state index contributed by atoms with van der Waals surface area (Å²) in [6.45, 7) is 5.63. The van der Waals surface area contributed by atoms with Gasteiger partial charge in [0.2, 0.25) is 11.8 Å². The van der Waals surface area contributed by atoms with Crippen LogP contribution in [0.4, 0.5) is 10.9 Å². The maximum absolute atomic E-state index is 12.0. The van der Waals surface area contributed by atoms with Gasteiger partial charge in [-0.15, -0.1) is 21.5 Å². The van der Waals surface area contributed by atoms with E-state index in [0.29, 0.717) is 28.3 Å². The number of aromatic nitrogens is 3. The van der Waals surface area contributed by atoms with Crippen LogP contribution >= 0.6 is 23.1 Å². The summed E-state index contributed by atoms with van der Waals surface area (Å²) in [4.78, 5) is 39.3. The Morgan fingerprint density at radius 2 is 2.00 bits per heavy atom. The highest BCUT2D eigenvalue weighted by molar-refractivity contribution is 7.99. The van der Waals surface area contributed by atoms with Gasteiger partial charge in [0.25, 0.3) is 0 Å². The molecule has 11 heteroatoms. The van der Waals surface area contributed by atoms with E-state index >= 15 is 0 Å². The molecule has 0 aliphatic carbocycles. The molecule has 2 amide bonds. The van der Waals surface area contributed by atoms with Crippen molar-refractivity contribution >= 4 is 51.8 Å². The number of carbonyl (C=O) groups excluding carboxylic acids is 3. The molecule has 9 nitrogen and oxygen atoms in total. The fraction of sp³-hybridized carbons (Fsp3) is 0.412. The number of nitrogens with one attached hydrogen (secondary N) is 2. The minimum atomic E-state index is -0.354. The lowest BCUT2D eigenvalue weighted by Gasteiger charge is -2.06. The third-order valence-electron chi connectivity index (χ3n) is 3.20. The molecule has 0 saturated carbocycles. The van der Waals surface area contributed by atoms with Gasteiger partial charge in [-0.25, -0.2) is 4.98 Å². The summed E-state index contributed by atoms with van der Waals surface area (Å²) < 4.78 is 4.86. The molecule has 0 unspecified atom stereocenters. The molecular formula is C17H21N5O4S2. The number of esters is 1. The predicted octanol–water partition coefficient (Wildman–Crippen LogP) is 2.36. The summed E-state index contributed by atoms with van der Waals surface area (Å²) in [7, 11) is 0. The van der Waals surface area contributed by atoms with Crippen molar-refractivity contribution in [2.24, 2.45) is 5.92 Å². The molecule has 0 bridgehead atoms. The average Bonchev–Trinajstić information content (AvgIpc) is 3.07. The molecule has 2 aromatic rings. The van der Waals surface area contributed by atoms with E-state index in [1.807, 2.05) is 0 Å². The summed E-state index contributed by atoms with van der Waals surface area (Å²) in [5.74, 6) is -0.402. The molecule has 0 fully saturated rings. The normalized spacial score (nSPS) is 10.6. The molecule has 0 aliphatic heterocycles. The van der Waals surface area contributed by atoms with Gasteiger partial charge in [-0.1, -0.05) is 25.6 Å². The predicted molar refractivity (Wildman–Crippen MR) is 107 cm³/mol. The molecule has 0 spiro atoms. The van der Waals surface area contributed by atoms with Crippen LogP contribution in [-0.2, 0) is 25.5 Å². The topological polar surface area (TPSA) is 123 Å². The van der Waals surface area contributed by atoms with Crippen LogP contribution in [-0.4, -0.2) is 45.3 Å². The molecule has 2 N–H and O–H groups in total. The van der Waals surface area contributed by atoms with Gasteiger partial charge in [-0.05, 0) is 19.1 Å². The standard InChI is InChI=1S/C17H21N5O4S2/c1-4-26-15(24)7-11-8-28-17(18-11)20-13(23)9-27-14-6-5-12(21-22-14)19-16(25)10(2)3/h5-6,8,10H,4,7,9H2,1-3H3,(H,18,20,23)(H,19,21,25). The van der Waals surface area contributed by atoms with Crippen molar-refractivity contribution in [2.75, 3.05) is 23.0 Å². The summed E-state index contributed by atoms with van der Waals surface area (Å²) in [5, 5.41) is 15.9. The van der Waals surface area contributed by atoms with E-state index in [1.54, 1.807) is 38.3 Å². The third kappa shape index (κ3) is 7.24. The lowest BCUT2D eigenvalue weighted by Crippen LogP contribution is -2.18. The highest BCUT2D eigenvalue weighted by Gasteiger charge is 2.12. The average molecular weight is 424 g/mol. The number of thiazole rings is 1. The Morgan fingerprint density at radius 3 is 2.64 bits per heavy atom. The molecule has 2 heterocycles. The second-order valence-electron chi connectivity index (χ2n) is 5.86. The maximum Gasteiger partial charge on any atom is 0.311 e. The SMILES string of the molecule is CCOC(=O)Cc1csc(NC(=O)CSc2ccc(NC(=O)C(C)C)nn2)n1. The van der Waals surface area contributed by atoms with Crippen LogP contribution in [0.3, 0.4) is 0 Å². The molecule has 0 saturated heterocycles. The molecular weight excluding hydrogens is 402 g/mol. The largest absolute Gasteiger partial charge is 0.466 e. The Kier molecular flexibility index (Phi) is 8.33. The van der Waals surface area contributed by atoms with Crippen LogP contribution in [0.2, 0.25) is 0 Å². The number of ether oxygens (including phenoxy) is 1. The van der Waals surface area contributed by atoms with Gasteiger partial charge in [0, 0.05) is 11.3 Å². The molecule has 0 atom stereocenters. The number of hydrogen-bond donors (Lipinski definition) is 2. The van der Waals surface area contributed by atoms with E-state index in [9.17, 15) is 14.4 Å². The van der Waals surface area contributed by atoms with Crippen LogP contribution in [0.1, 0.15) is 26.5 Å². The van der Waals surface area contributed by atoms with E-state index in [0.717, 1.165) is 0 Å². The van der Waals surface area contributed by atoms with Crippen molar-refractivity contribution in [3.05, 3.63) is 23.2 Å². The second kappa shape index (κ2) is 10.7. The summed E-state index contributed by atoms with van der Waals surface area (Å²) in [5.41, 5.74) is 0.552. The van der Waals surface area contributed by atoms with E-state index < -0.39 is 0 Å². The zero-order chi connectivity index (χ0) is 20.5. The summed E-state index contributed by atoms with van der Waals surface area (Å²) >= 11 is 2.45. The molecule has 2 aromatic heterocycles. The summed E-state index contributed by atoms with van der Waals surface area (Å²) in [6.07, 6.45) is 0.0737. The molecule has 150 valence electrons. The number of rotatable bonds is 9. The van der Waals surface area contributed by atoms with Crippen LogP contribution in [0.25, 0.3) is 0 Å². The first-order chi connectivity index (χ1) is 13.4. The monoisotopic (exact) mass is 423 g/mol. The Balaban J connectivity index is 1.78. The van der Waals surface area contributed by atoms with Crippen LogP contribution < -0.4 is 10.6 Å². The van der Waals surface area contributed by atoms with Crippen molar-refractivity contribution in [1.29, 1.82) is 0 Å². The van der Waals surface area contributed by atoms with Gasteiger partial charge >= 0.3 is 5.97 Å². The first kappa shape index (κ1) is 21.8. The van der Waals surface area contributed by atoms with Gasteiger partial charge in [0.1, 0.15) is 5.03 Å².